The van der Waals surface area contributed by atoms with E-state index in [1.165, 1.54) is 0 Å². The van der Waals surface area contributed by atoms with Crippen molar-refractivity contribution < 1.29 is 33.0 Å². The molecular formula is C46H44N6O7. The number of likely N-dealkylation sites (N-methyl/N-ethyl adjacent to an activating group) is 1. The Morgan fingerprint density at radius 3 is 1.98 bits per heavy atom. The van der Waals surface area contributed by atoms with Crippen LogP contribution in [0.3, 0.4) is 0 Å². The first-order chi connectivity index (χ1) is 28.3. The number of hydrogen-bond donors (Lipinski definition) is 2. The number of nitrogens with one attached hydrogen (secondary N) is 2. The first-order valence-electron chi connectivity index (χ1n) is 19.4. The number of anilines is 3. The van der Waals surface area contributed by atoms with Crippen LogP contribution < -0.4 is 15.5 Å². The summed E-state index contributed by atoms with van der Waals surface area (Å²) in [6, 6.07) is 27.6. The SMILES string of the molecule is CCOC(=O)CC1(c2ccccc2)C(=O)N(c2ccc(C3(NC(=O)CN(C)C)C(=O)Nc4ccc(-c5c(C)noc5C)cc43)cc2)c2ccc(-c3c(C)noc3C)cc21. The second-order valence-corrected chi connectivity index (χ2v) is 15.3. The van der Waals surface area contributed by atoms with Crippen LogP contribution in [0.25, 0.3) is 22.3 Å². The fourth-order valence-electron chi connectivity index (χ4n) is 8.73. The van der Waals surface area contributed by atoms with E-state index < -0.39 is 22.8 Å². The average Bonchev–Trinajstić information content (AvgIpc) is 3.89. The van der Waals surface area contributed by atoms with Gasteiger partial charge >= 0.3 is 5.97 Å². The van der Waals surface area contributed by atoms with Crippen LogP contribution in [0.15, 0.2) is 100 Å². The van der Waals surface area contributed by atoms with E-state index in [-0.39, 0.29) is 31.4 Å². The molecule has 0 spiro atoms. The van der Waals surface area contributed by atoms with Gasteiger partial charge in [0.2, 0.25) is 11.8 Å². The van der Waals surface area contributed by atoms with Gasteiger partial charge in [0.1, 0.15) is 16.9 Å². The number of fused-ring (bicyclic) bond motifs is 2. The maximum absolute atomic E-state index is 15.4. The highest BCUT2D eigenvalue weighted by molar-refractivity contribution is 6.17. The number of nitrogens with zero attached hydrogens (tertiary/aromatic N) is 4. The minimum absolute atomic E-state index is 0.0308. The molecule has 0 saturated heterocycles. The number of aromatic nitrogens is 2. The lowest BCUT2D eigenvalue weighted by Crippen LogP contribution is -2.53. The van der Waals surface area contributed by atoms with Gasteiger partial charge in [-0.2, -0.15) is 0 Å². The number of benzene rings is 4. The van der Waals surface area contributed by atoms with Gasteiger partial charge in [-0.1, -0.05) is 64.9 Å². The lowest BCUT2D eigenvalue weighted by atomic mass is 9.72. The molecule has 6 aromatic rings. The summed E-state index contributed by atoms with van der Waals surface area (Å²) in [5, 5.41) is 14.4. The van der Waals surface area contributed by atoms with Crippen LogP contribution in [-0.2, 0) is 34.9 Å². The second kappa shape index (κ2) is 14.8. The van der Waals surface area contributed by atoms with Crippen LogP contribution in [0.1, 0.15) is 58.5 Å². The zero-order chi connectivity index (χ0) is 41.8. The molecule has 0 radical (unpaired) electrons. The Kier molecular flexibility index (Phi) is 9.79. The smallest absolute Gasteiger partial charge is 0.307 e. The van der Waals surface area contributed by atoms with E-state index in [2.05, 4.69) is 20.9 Å². The van der Waals surface area contributed by atoms with Crippen LogP contribution in [-0.4, -0.2) is 66.2 Å². The molecule has 4 aromatic carbocycles. The summed E-state index contributed by atoms with van der Waals surface area (Å²) >= 11 is 0. The Hall–Kier alpha value is -6.86. The maximum Gasteiger partial charge on any atom is 0.307 e. The van der Waals surface area contributed by atoms with Crippen molar-refractivity contribution in [2.75, 3.05) is 37.5 Å². The number of hydrogen-bond acceptors (Lipinski definition) is 10. The number of carbonyl (C=O) groups excluding carboxylic acids is 4. The molecule has 300 valence electrons. The number of rotatable bonds is 11. The van der Waals surface area contributed by atoms with Gasteiger partial charge in [-0.15, -0.1) is 0 Å². The van der Waals surface area contributed by atoms with E-state index in [0.29, 0.717) is 62.2 Å². The Morgan fingerprint density at radius 1 is 0.797 bits per heavy atom. The Morgan fingerprint density at radius 2 is 1.41 bits per heavy atom. The van der Waals surface area contributed by atoms with Crippen molar-refractivity contribution >= 4 is 40.8 Å². The summed E-state index contributed by atoms with van der Waals surface area (Å²) in [6.45, 7) is 9.28. The van der Waals surface area contributed by atoms with E-state index in [9.17, 15) is 14.4 Å². The van der Waals surface area contributed by atoms with E-state index >= 15 is 4.79 Å². The predicted octanol–water partition coefficient (Wildman–Crippen LogP) is 7.02. The summed E-state index contributed by atoms with van der Waals surface area (Å²) in [6.07, 6.45) is -0.248. The number of ether oxygens (including phenoxy) is 1. The minimum Gasteiger partial charge on any atom is -0.466 e. The summed E-state index contributed by atoms with van der Waals surface area (Å²) < 4.78 is 16.5. The fourth-order valence-corrected chi connectivity index (χ4v) is 8.73. The highest BCUT2D eigenvalue weighted by Crippen LogP contribution is 2.53. The molecule has 13 heteroatoms. The predicted molar refractivity (Wildman–Crippen MR) is 221 cm³/mol. The van der Waals surface area contributed by atoms with Gasteiger partial charge < -0.3 is 29.3 Å². The molecule has 2 N–H and O–H groups in total. The van der Waals surface area contributed by atoms with E-state index in [4.69, 9.17) is 13.8 Å². The fraction of sp³-hybridized carbons (Fsp3) is 0.261. The third-order valence-corrected chi connectivity index (χ3v) is 11.2. The van der Waals surface area contributed by atoms with Crippen molar-refractivity contribution in [2.24, 2.45) is 0 Å². The van der Waals surface area contributed by atoms with Crippen molar-refractivity contribution in [3.05, 3.63) is 136 Å². The number of amides is 3. The molecule has 0 bridgehead atoms. The largest absolute Gasteiger partial charge is 0.466 e. The lowest BCUT2D eigenvalue weighted by Gasteiger charge is -2.31. The van der Waals surface area contributed by atoms with Crippen molar-refractivity contribution in [2.45, 2.75) is 52.0 Å². The molecule has 2 aliphatic heterocycles. The van der Waals surface area contributed by atoms with Crippen molar-refractivity contribution in [1.29, 1.82) is 0 Å². The molecule has 2 aliphatic rings. The van der Waals surface area contributed by atoms with Crippen molar-refractivity contribution in [3.8, 4) is 22.3 Å². The molecule has 2 unspecified atom stereocenters. The average molecular weight is 793 g/mol. The van der Waals surface area contributed by atoms with Gasteiger partial charge in [0, 0.05) is 28.1 Å². The second-order valence-electron chi connectivity index (χ2n) is 15.3. The quantitative estimate of drug-likeness (QED) is 0.131. The first kappa shape index (κ1) is 39.0. The van der Waals surface area contributed by atoms with Crippen LogP contribution in [0.5, 0.6) is 0 Å². The van der Waals surface area contributed by atoms with Crippen LogP contribution in [0.4, 0.5) is 17.1 Å². The molecule has 4 heterocycles. The van der Waals surface area contributed by atoms with Gasteiger partial charge in [-0.05, 0) is 113 Å². The van der Waals surface area contributed by atoms with E-state index in [0.717, 1.165) is 22.3 Å². The first-order valence-corrected chi connectivity index (χ1v) is 19.4. The molecule has 2 atom stereocenters. The molecule has 0 fully saturated rings. The van der Waals surface area contributed by atoms with Gasteiger partial charge in [-0.3, -0.25) is 24.1 Å². The molecule has 2 aromatic heterocycles. The van der Waals surface area contributed by atoms with Crippen molar-refractivity contribution in [3.63, 3.8) is 0 Å². The summed E-state index contributed by atoms with van der Waals surface area (Å²) in [7, 11) is 3.55. The molecular weight excluding hydrogens is 749 g/mol. The number of carbonyl (C=O) groups is 4. The lowest BCUT2D eigenvalue weighted by molar-refractivity contribution is -0.146. The van der Waals surface area contributed by atoms with Crippen LogP contribution >= 0.6 is 0 Å². The van der Waals surface area contributed by atoms with E-state index in [1.54, 1.807) is 55.1 Å². The maximum atomic E-state index is 15.4. The third-order valence-electron chi connectivity index (χ3n) is 11.2. The molecule has 0 saturated carbocycles. The summed E-state index contributed by atoms with van der Waals surface area (Å²) in [4.78, 5) is 60.3. The Balaban J connectivity index is 1.29. The number of aryl methyl sites for hydroxylation is 4. The standard InChI is InChI=1S/C46H44N6O7/c1-8-57-40(54)24-45(32-12-10-9-11-13-32)36-23-31(42-27(3)50-59-29(42)5)15-21-38(36)52(44(45)56)34-18-16-33(17-19-34)46(48-39(53)25-51(6)7)35-22-30(14-20-37(35)47-43(46)55)41-26(2)49-58-28(41)4/h9-23H,8,24-25H2,1-7H3,(H,47,55)(H,48,53). The highest BCUT2D eigenvalue weighted by Gasteiger charge is 2.55. The zero-order valence-electron chi connectivity index (χ0n) is 33.9. The van der Waals surface area contributed by atoms with Crippen LogP contribution in [0.2, 0.25) is 0 Å². The Bertz CT molecular complexity index is 2610. The number of esters is 1. The van der Waals surface area contributed by atoms with Gasteiger partial charge in [0.15, 0.2) is 5.54 Å². The molecule has 59 heavy (non-hydrogen) atoms. The summed E-state index contributed by atoms with van der Waals surface area (Å²) in [5.74, 6) is -0.428. The Labute approximate surface area is 341 Å². The molecule has 13 nitrogen and oxygen atoms in total. The third kappa shape index (κ3) is 6.29. The van der Waals surface area contributed by atoms with Gasteiger partial charge in [0.05, 0.1) is 36.6 Å². The van der Waals surface area contributed by atoms with Gasteiger partial charge in [-0.25, -0.2) is 0 Å². The highest BCUT2D eigenvalue weighted by atomic mass is 16.5. The molecule has 0 aliphatic carbocycles. The molecule has 8 rings (SSSR count). The van der Waals surface area contributed by atoms with Crippen LogP contribution in [0, 0.1) is 27.7 Å². The topological polar surface area (TPSA) is 160 Å². The van der Waals surface area contributed by atoms with E-state index in [1.807, 2.05) is 94.4 Å². The summed E-state index contributed by atoms with van der Waals surface area (Å²) in [5.41, 5.74) is 5.32. The van der Waals surface area contributed by atoms with Crippen molar-refractivity contribution in [1.82, 2.24) is 20.5 Å². The molecule has 3 amide bonds. The zero-order valence-corrected chi connectivity index (χ0v) is 33.9. The normalized spacial score (nSPS) is 18.2. The minimum atomic E-state index is -1.64. The van der Waals surface area contributed by atoms with Gasteiger partial charge in [0.25, 0.3) is 5.91 Å². The monoisotopic (exact) mass is 792 g/mol.